The van der Waals surface area contributed by atoms with Gasteiger partial charge in [0.05, 0.1) is 6.61 Å². The number of hydrogen-bond donors (Lipinski definition) is 3. The maximum absolute atomic E-state index is 11.2. The molecule has 0 atom stereocenters. The zero-order chi connectivity index (χ0) is 12.1. The molecular weight excluding hydrogens is 214 g/mol. The smallest absolute Gasteiger partial charge is 0.313 e. The van der Waals surface area contributed by atoms with E-state index in [-0.39, 0.29) is 17.9 Å². The van der Waals surface area contributed by atoms with E-state index in [4.69, 9.17) is 10.5 Å². The van der Waals surface area contributed by atoms with Crippen LogP contribution < -0.4 is 5.73 Å². The zero-order valence-electron chi connectivity index (χ0n) is 8.82. The van der Waals surface area contributed by atoms with Gasteiger partial charge in [-0.2, -0.15) is 0 Å². The molecule has 1 aromatic heterocycles. The summed E-state index contributed by atoms with van der Waals surface area (Å²) in [5.41, 5.74) is 4.66. The Morgan fingerprint density at radius 2 is 2.25 bits per heavy atom. The van der Waals surface area contributed by atoms with Gasteiger partial charge in [-0.05, 0) is 6.42 Å². The van der Waals surface area contributed by atoms with Crippen molar-refractivity contribution in [1.29, 1.82) is 0 Å². The fourth-order valence-electron chi connectivity index (χ4n) is 1.07. The number of nitrogens with two attached hydrogens (primary N) is 1. The standard InChI is InChI=1S/C9H13N3O4/c1-2-3-16-6(13)4-5-11-7(8(10)14)9(15)12-5/h15H,2-4H2,1H3,(H2,10,14)(H,11,12). The van der Waals surface area contributed by atoms with E-state index < -0.39 is 17.8 Å². The van der Waals surface area contributed by atoms with E-state index in [1.54, 1.807) is 0 Å². The number of primary amides is 1. The number of ether oxygens (including phenoxy) is 1. The summed E-state index contributed by atoms with van der Waals surface area (Å²) in [4.78, 5) is 28.0. The molecule has 4 N–H and O–H groups in total. The molecule has 0 aliphatic carbocycles. The predicted molar refractivity (Wildman–Crippen MR) is 53.7 cm³/mol. The van der Waals surface area contributed by atoms with E-state index in [0.29, 0.717) is 6.61 Å². The molecule has 0 aliphatic heterocycles. The second kappa shape index (κ2) is 5.15. The van der Waals surface area contributed by atoms with Crippen molar-refractivity contribution >= 4 is 11.9 Å². The lowest BCUT2D eigenvalue weighted by atomic mass is 10.4. The van der Waals surface area contributed by atoms with E-state index in [9.17, 15) is 14.7 Å². The molecule has 0 saturated carbocycles. The quantitative estimate of drug-likeness (QED) is 0.597. The predicted octanol–water partition coefficient (Wildman–Crippen LogP) is -0.290. The number of nitrogens with one attached hydrogen (secondary N) is 1. The minimum atomic E-state index is -0.859. The second-order valence-corrected chi connectivity index (χ2v) is 3.14. The maximum Gasteiger partial charge on any atom is 0.313 e. The summed E-state index contributed by atoms with van der Waals surface area (Å²) in [6.45, 7) is 2.20. The van der Waals surface area contributed by atoms with Gasteiger partial charge in [-0.15, -0.1) is 0 Å². The van der Waals surface area contributed by atoms with Gasteiger partial charge in [0.15, 0.2) is 5.69 Å². The highest BCUT2D eigenvalue weighted by Crippen LogP contribution is 2.12. The number of imidazole rings is 1. The summed E-state index contributed by atoms with van der Waals surface area (Å²) in [7, 11) is 0. The van der Waals surface area contributed by atoms with E-state index in [2.05, 4.69) is 9.97 Å². The summed E-state index contributed by atoms with van der Waals surface area (Å²) < 4.78 is 4.81. The molecule has 0 aromatic carbocycles. The number of amides is 1. The third-order valence-corrected chi connectivity index (χ3v) is 1.75. The lowest BCUT2D eigenvalue weighted by Gasteiger charge is -1.99. The Morgan fingerprint density at radius 3 is 2.75 bits per heavy atom. The number of aromatic amines is 1. The topological polar surface area (TPSA) is 118 Å². The Bertz CT molecular complexity index is 399. The van der Waals surface area contributed by atoms with Gasteiger partial charge in [0.25, 0.3) is 5.91 Å². The van der Waals surface area contributed by atoms with Gasteiger partial charge in [0.1, 0.15) is 12.2 Å². The number of esters is 1. The molecule has 0 fully saturated rings. The molecule has 16 heavy (non-hydrogen) atoms. The highest BCUT2D eigenvalue weighted by atomic mass is 16.5. The highest BCUT2D eigenvalue weighted by molar-refractivity contribution is 5.93. The van der Waals surface area contributed by atoms with Gasteiger partial charge < -0.3 is 20.6 Å². The fraction of sp³-hybridized carbons (Fsp3) is 0.444. The first-order chi connectivity index (χ1) is 7.54. The monoisotopic (exact) mass is 227 g/mol. The van der Waals surface area contributed by atoms with Crippen LogP contribution in [0.5, 0.6) is 5.88 Å². The maximum atomic E-state index is 11.2. The van der Waals surface area contributed by atoms with Crippen molar-refractivity contribution in [2.75, 3.05) is 6.61 Å². The number of carbonyl (C=O) groups excluding carboxylic acids is 2. The Morgan fingerprint density at radius 1 is 1.56 bits per heavy atom. The molecule has 0 radical (unpaired) electrons. The Balaban J connectivity index is 2.64. The van der Waals surface area contributed by atoms with E-state index in [0.717, 1.165) is 6.42 Å². The molecule has 1 amide bonds. The summed E-state index contributed by atoms with van der Waals surface area (Å²) in [5, 5.41) is 9.22. The van der Waals surface area contributed by atoms with Gasteiger partial charge in [-0.1, -0.05) is 6.92 Å². The van der Waals surface area contributed by atoms with Crippen LogP contribution in [0.25, 0.3) is 0 Å². The first kappa shape index (κ1) is 12.0. The van der Waals surface area contributed by atoms with E-state index >= 15 is 0 Å². The van der Waals surface area contributed by atoms with Crippen molar-refractivity contribution in [2.45, 2.75) is 19.8 Å². The van der Waals surface area contributed by atoms with E-state index in [1.807, 2.05) is 6.92 Å². The molecule has 7 nitrogen and oxygen atoms in total. The average molecular weight is 227 g/mol. The normalized spacial score (nSPS) is 10.1. The molecule has 0 saturated heterocycles. The Labute approximate surface area is 91.6 Å². The van der Waals surface area contributed by atoms with Crippen molar-refractivity contribution in [3.05, 3.63) is 11.5 Å². The van der Waals surface area contributed by atoms with Crippen LogP contribution in [0.1, 0.15) is 29.7 Å². The number of aromatic nitrogens is 2. The Hall–Kier alpha value is -2.05. The SMILES string of the molecule is CCCOC(=O)Cc1nc(C(N)=O)c(O)[nH]1. The van der Waals surface area contributed by atoms with Crippen LogP contribution in [0, 0.1) is 0 Å². The largest absolute Gasteiger partial charge is 0.493 e. The van der Waals surface area contributed by atoms with Crippen molar-refractivity contribution < 1.29 is 19.4 Å². The number of aromatic hydroxyl groups is 1. The van der Waals surface area contributed by atoms with Gasteiger partial charge in [0.2, 0.25) is 5.88 Å². The second-order valence-electron chi connectivity index (χ2n) is 3.14. The number of nitrogens with zero attached hydrogens (tertiary/aromatic N) is 1. The fourth-order valence-corrected chi connectivity index (χ4v) is 1.07. The van der Waals surface area contributed by atoms with Gasteiger partial charge >= 0.3 is 5.97 Å². The van der Waals surface area contributed by atoms with Crippen molar-refractivity contribution in [2.24, 2.45) is 5.73 Å². The van der Waals surface area contributed by atoms with Gasteiger partial charge in [0, 0.05) is 0 Å². The third kappa shape index (κ3) is 2.97. The summed E-state index contributed by atoms with van der Waals surface area (Å²) in [6.07, 6.45) is 0.586. The average Bonchev–Trinajstić information content (AvgIpc) is 2.56. The van der Waals surface area contributed by atoms with Gasteiger partial charge in [-0.25, -0.2) is 4.98 Å². The number of rotatable bonds is 5. The lowest BCUT2D eigenvalue weighted by molar-refractivity contribution is -0.142. The molecule has 0 unspecified atom stereocenters. The van der Waals surface area contributed by atoms with Crippen molar-refractivity contribution in [3.63, 3.8) is 0 Å². The first-order valence-corrected chi connectivity index (χ1v) is 4.77. The third-order valence-electron chi connectivity index (χ3n) is 1.75. The van der Waals surface area contributed by atoms with E-state index in [1.165, 1.54) is 0 Å². The number of carbonyl (C=O) groups is 2. The number of hydrogen-bond acceptors (Lipinski definition) is 5. The summed E-state index contributed by atoms with van der Waals surface area (Å²) >= 11 is 0. The Kier molecular flexibility index (Phi) is 3.87. The summed E-state index contributed by atoms with van der Waals surface area (Å²) in [6, 6.07) is 0. The molecule has 1 aromatic rings. The molecule has 1 rings (SSSR count). The molecule has 0 bridgehead atoms. The summed E-state index contributed by atoms with van der Waals surface area (Å²) in [5.74, 6) is -1.63. The van der Waals surface area contributed by atoms with Crippen LogP contribution in [-0.2, 0) is 16.0 Å². The highest BCUT2D eigenvalue weighted by Gasteiger charge is 2.16. The lowest BCUT2D eigenvalue weighted by Crippen LogP contribution is -2.12. The van der Waals surface area contributed by atoms with Gasteiger partial charge in [-0.3, -0.25) is 9.59 Å². The minimum absolute atomic E-state index is 0.138. The van der Waals surface area contributed by atoms with Crippen LogP contribution in [0.3, 0.4) is 0 Å². The van der Waals surface area contributed by atoms with Crippen molar-refractivity contribution in [3.8, 4) is 5.88 Å². The van der Waals surface area contributed by atoms with Crippen LogP contribution in [0.2, 0.25) is 0 Å². The molecule has 0 spiro atoms. The molecule has 1 heterocycles. The first-order valence-electron chi connectivity index (χ1n) is 4.77. The van der Waals surface area contributed by atoms with Crippen LogP contribution in [0.15, 0.2) is 0 Å². The molecular formula is C9H13N3O4. The zero-order valence-corrected chi connectivity index (χ0v) is 8.82. The van der Waals surface area contributed by atoms with Crippen molar-refractivity contribution in [1.82, 2.24) is 9.97 Å². The molecule has 0 aliphatic rings. The van der Waals surface area contributed by atoms with Crippen LogP contribution in [0.4, 0.5) is 0 Å². The molecule has 7 heteroatoms. The van der Waals surface area contributed by atoms with Crippen LogP contribution >= 0.6 is 0 Å². The van der Waals surface area contributed by atoms with Crippen LogP contribution in [-0.4, -0.2) is 33.6 Å². The number of H-pyrrole nitrogens is 1. The minimum Gasteiger partial charge on any atom is -0.493 e. The molecule has 88 valence electrons.